The molecule has 1 unspecified atom stereocenters. The fourth-order valence-corrected chi connectivity index (χ4v) is 4.67. The van der Waals surface area contributed by atoms with E-state index in [4.69, 9.17) is 4.74 Å². The number of aryl methyl sites for hydroxylation is 2. The number of likely N-dealkylation sites (tertiary alicyclic amines) is 1. The van der Waals surface area contributed by atoms with Gasteiger partial charge in [-0.25, -0.2) is 0 Å². The Labute approximate surface area is 206 Å². The molecule has 5 rings (SSSR count). The summed E-state index contributed by atoms with van der Waals surface area (Å²) in [4.78, 5) is 2.53. The van der Waals surface area contributed by atoms with Crippen LogP contribution in [-0.2, 0) is 12.8 Å². The van der Waals surface area contributed by atoms with Crippen LogP contribution in [-0.4, -0.2) is 36.2 Å². The van der Waals surface area contributed by atoms with Crippen LogP contribution in [0.5, 0.6) is 11.5 Å². The van der Waals surface area contributed by atoms with Crippen LogP contribution in [0.2, 0.25) is 0 Å². The first-order chi connectivity index (χ1) is 16.7. The maximum atomic E-state index is 9.19. The molecule has 0 spiro atoms. The minimum Gasteiger partial charge on any atom is -0.508 e. The average Bonchev–Trinajstić information content (AvgIpc) is 3.34. The Bertz CT molecular complexity index is 887. The summed E-state index contributed by atoms with van der Waals surface area (Å²) in [5.74, 6) is 2.32. The molecule has 3 heteroatoms. The molecule has 3 aromatic rings. The third kappa shape index (κ3) is 9.61. The van der Waals surface area contributed by atoms with Crippen molar-refractivity contribution < 1.29 is 9.84 Å². The molecule has 1 N–H and O–H groups in total. The second-order valence-corrected chi connectivity index (χ2v) is 9.22. The van der Waals surface area contributed by atoms with Gasteiger partial charge in [0.2, 0.25) is 0 Å². The van der Waals surface area contributed by atoms with E-state index in [9.17, 15) is 5.11 Å². The van der Waals surface area contributed by atoms with Crippen molar-refractivity contribution in [3.63, 3.8) is 0 Å². The van der Waals surface area contributed by atoms with Crippen LogP contribution < -0.4 is 4.74 Å². The third-order valence-electron chi connectivity index (χ3n) is 6.49. The zero-order chi connectivity index (χ0) is 23.8. The second-order valence-electron chi connectivity index (χ2n) is 9.22. The lowest BCUT2D eigenvalue weighted by Crippen LogP contribution is -2.26. The fraction of sp³-hybridized carbons (Fsp3) is 0.419. The molecule has 0 radical (unpaired) electrons. The van der Waals surface area contributed by atoms with Crippen molar-refractivity contribution in [3.8, 4) is 11.5 Å². The molecule has 3 aromatic carbocycles. The molecule has 0 aromatic heterocycles. The SMILES string of the molecule is CCCC1CCN(CCOc2ccccc2)C1.Oc1ccc2c(c1)CCCC2.c1ccccc1. The molecule has 1 aliphatic heterocycles. The Morgan fingerprint density at radius 3 is 2.18 bits per heavy atom. The molecule has 0 bridgehead atoms. The number of para-hydroxylation sites is 1. The fourth-order valence-electron chi connectivity index (χ4n) is 4.67. The number of hydrogen-bond donors (Lipinski definition) is 1. The van der Waals surface area contributed by atoms with Crippen molar-refractivity contribution in [2.45, 2.75) is 51.9 Å². The van der Waals surface area contributed by atoms with E-state index in [0.29, 0.717) is 5.75 Å². The highest BCUT2D eigenvalue weighted by molar-refractivity contribution is 5.36. The molecule has 182 valence electrons. The van der Waals surface area contributed by atoms with Crippen LogP contribution in [0.3, 0.4) is 0 Å². The Hall–Kier alpha value is -2.78. The van der Waals surface area contributed by atoms with Gasteiger partial charge in [-0.05, 0) is 86.4 Å². The van der Waals surface area contributed by atoms with E-state index in [1.165, 1.54) is 62.7 Å². The zero-order valence-electron chi connectivity index (χ0n) is 20.7. The molecule has 1 heterocycles. The van der Waals surface area contributed by atoms with Gasteiger partial charge < -0.3 is 9.84 Å². The Kier molecular flexibility index (Phi) is 11.5. The second kappa shape index (κ2) is 15.2. The first-order valence-electron chi connectivity index (χ1n) is 13.0. The summed E-state index contributed by atoms with van der Waals surface area (Å²) in [6.07, 6.45) is 8.99. The van der Waals surface area contributed by atoms with Crippen LogP contribution in [0.4, 0.5) is 0 Å². The summed E-state index contributed by atoms with van der Waals surface area (Å²) < 4.78 is 5.72. The van der Waals surface area contributed by atoms with Gasteiger partial charge in [-0.3, -0.25) is 4.90 Å². The molecular formula is C31H41NO2. The average molecular weight is 460 g/mol. The number of rotatable bonds is 6. The maximum Gasteiger partial charge on any atom is 0.119 e. The van der Waals surface area contributed by atoms with Crippen LogP contribution in [0.15, 0.2) is 84.9 Å². The predicted octanol–water partition coefficient (Wildman–Crippen LogP) is 7.15. The summed E-state index contributed by atoms with van der Waals surface area (Å²) in [5.41, 5.74) is 2.77. The highest BCUT2D eigenvalue weighted by atomic mass is 16.5. The largest absolute Gasteiger partial charge is 0.508 e. The van der Waals surface area contributed by atoms with E-state index in [1.54, 1.807) is 6.07 Å². The molecular weight excluding hydrogens is 418 g/mol. The highest BCUT2D eigenvalue weighted by Gasteiger charge is 2.21. The number of ether oxygens (including phenoxy) is 1. The number of phenolic OH excluding ortho intramolecular Hbond substituents is 1. The zero-order valence-corrected chi connectivity index (χ0v) is 20.7. The highest BCUT2D eigenvalue weighted by Crippen LogP contribution is 2.24. The van der Waals surface area contributed by atoms with E-state index in [0.717, 1.165) is 31.2 Å². The molecule has 3 nitrogen and oxygen atoms in total. The van der Waals surface area contributed by atoms with Gasteiger partial charge in [0, 0.05) is 13.1 Å². The molecule has 0 amide bonds. The summed E-state index contributed by atoms with van der Waals surface area (Å²) in [6, 6.07) is 27.8. The van der Waals surface area contributed by atoms with Gasteiger partial charge in [0.1, 0.15) is 18.1 Å². The number of nitrogens with zero attached hydrogens (tertiary/aromatic N) is 1. The van der Waals surface area contributed by atoms with Gasteiger partial charge in [0.25, 0.3) is 0 Å². The van der Waals surface area contributed by atoms with Crippen molar-refractivity contribution in [2.24, 2.45) is 5.92 Å². The van der Waals surface area contributed by atoms with Gasteiger partial charge in [-0.2, -0.15) is 0 Å². The first-order valence-corrected chi connectivity index (χ1v) is 13.0. The lowest BCUT2D eigenvalue weighted by atomic mass is 9.92. The summed E-state index contributed by atoms with van der Waals surface area (Å²) in [5, 5.41) is 9.19. The van der Waals surface area contributed by atoms with E-state index >= 15 is 0 Å². The van der Waals surface area contributed by atoms with Gasteiger partial charge in [-0.15, -0.1) is 0 Å². The lowest BCUT2D eigenvalue weighted by Gasteiger charge is -2.16. The standard InChI is InChI=1S/C15H23NO.C10H12O.C6H6/c1-2-6-14-9-10-16(13-14)11-12-17-15-7-4-3-5-8-15;11-10-6-5-8-3-1-2-4-9(8)7-10;1-2-4-6-5-3-1/h3-5,7-8,14H,2,6,9-13H2,1H3;5-7,11H,1-4H2;1-6H. The molecule has 1 atom stereocenters. The van der Waals surface area contributed by atoms with E-state index in [2.05, 4.69) is 11.8 Å². The summed E-state index contributed by atoms with van der Waals surface area (Å²) in [6.45, 7) is 6.67. The number of hydrogen-bond acceptors (Lipinski definition) is 3. The summed E-state index contributed by atoms with van der Waals surface area (Å²) in [7, 11) is 0. The number of phenols is 1. The van der Waals surface area contributed by atoms with Crippen molar-refractivity contribution >= 4 is 0 Å². The van der Waals surface area contributed by atoms with Crippen molar-refractivity contribution in [1.29, 1.82) is 0 Å². The lowest BCUT2D eigenvalue weighted by molar-refractivity contribution is 0.232. The summed E-state index contributed by atoms with van der Waals surface area (Å²) >= 11 is 0. The Morgan fingerprint density at radius 1 is 0.853 bits per heavy atom. The number of benzene rings is 3. The van der Waals surface area contributed by atoms with Crippen molar-refractivity contribution in [1.82, 2.24) is 4.90 Å². The van der Waals surface area contributed by atoms with Gasteiger partial charge in [0.05, 0.1) is 0 Å². The molecule has 1 aliphatic carbocycles. The molecule has 34 heavy (non-hydrogen) atoms. The maximum absolute atomic E-state index is 9.19. The Balaban J connectivity index is 0.000000162. The third-order valence-corrected chi connectivity index (χ3v) is 6.49. The normalized spacial score (nSPS) is 16.9. The number of fused-ring (bicyclic) bond motifs is 1. The topological polar surface area (TPSA) is 32.7 Å². The monoisotopic (exact) mass is 459 g/mol. The predicted molar refractivity (Wildman–Crippen MR) is 143 cm³/mol. The molecule has 1 fully saturated rings. The molecule has 2 aliphatic rings. The van der Waals surface area contributed by atoms with Crippen LogP contribution in [0.1, 0.15) is 50.2 Å². The number of aromatic hydroxyl groups is 1. The van der Waals surface area contributed by atoms with Crippen molar-refractivity contribution in [3.05, 3.63) is 96.1 Å². The smallest absolute Gasteiger partial charge is 0.119 e. The Morgan fingerprint density at radius 2 is 1.50 bits per heavy atom. The van der Waals surface area contributed by atoms with Crippen LogP contribution in [0, 0.1) is 5.92 Å². The van der Waals surface area contributed by atoms with Gasteiger partial charge >= 0.3 is 0 Å². The van der Waals surface area contributed by atoms with Gasteiger partial charge in [0.15, 0.2) is 0 Å². The van der Waals surface area contributed by atoms with Crippen molar-refractivity contribution in [2.75, 3.05) is 26.2 Å². The van der Waals surface area contributed by atoms with E-state index in [-0.39, 0.29) is 0 Å². The van der Waals surface area contributed by atoms with E-state index in [1.807, 2.05) is 78.9 Å². The molecule has 1 saturated heterocycles. The van der Waals surface area contributed by atoms with Crippen LogP contribution >= 0.6 is 0 Å². The first kappa shape index (κ1) is 25.8. The minimum absolute atomic E-state index is 0.408. The van der Waals surface area contributed by atoms with Gasteiger partial charge in [-0.1, -0.05) is 74.0 Å². The molecule has 0 saturated carbocycles. The quantitative estimate of drug-likeness (QED) is 0.425. The van der Waals surface area contributed by atoms with Crippen LogP contribution in [0.25, 0.3) is 0 Å². The van der Waals surface area contributed by atoms with E-state index < -0.39 is 0 Å². The minimum atomic E-state index is 0.408.